The van der Waals surface area contributed by atoms with E-state index in [0.29, 0.717) is 22.4 Å². The molecule has 0 saturated carbocycles. The average Bonchev–Trinajstić information content (AvgIpc) is 3.13. The first kappa shape index (κ1) is 19.2. The molecule has 0 spiro atoms. The lowest BCUT2D eigenvalue weighted by molar-refractivity contribution is -0.118. The van der Waals surface area contributed by atoms with Crippen LogP contribution in [0, 0.1) is 5.82 Å². The van der Waals surface area contributed by atoms with Crippen molar-refractivity contribution in [2.75, 3.05) is 17.2 Å². The van der Waals surface area contributed by atoms with Gasteiger partial charge in [-0.15, -0.1) is 0 Å². The van der Waals surface area contributed by atoms with Crippen LogP contribution in [-0.4, -0.2) is 18.4 Å². The van der Waals surface area contributed by atoms with Gasteiger partial charge in [0.25, 0.3) is 11.8 Å². The number of rotatable bonds is 6. The Morgan fingerprint density at radius 3 is 2.33 bits per heavy atom. The van der Waals surface area contributed by atoms with Crippen molar-refractivity contribution in [2.45, 2.75) is 0 Å². The highest BCUT2D eigenvalue weighted by molar-refractivity contribution is 6.14. The smallest absolute Gasteiger partial charge is 0.293 e. The normalized spacial score (nSPS) is 10.6. The van der Waals surface area contributed by atoms with Gasteiger partial charge in [-0.1, -0.05) is 30.3 Å². The summed E-state index contributed by atoms with van der Waals surface area (Å²) in [4.78, 5) is 25.2. The number of nitrogens with one attached hydrogen (secondary N) is 2. The van der Waals surface area contributed by atoms with Crippen LogP contribution in [0.5, 0.6) is 5.75 Å². The van der Waals surface area contributed by atoms with Gasteiger partial charge in [-0.05, 0) is 48.5 Å². The Bertz CT molecular complexity index is 1190. The van der Waals surface area contributed by atoms with E-state index < -0.39 is 17.6 Å². The molecule has 0 unspecified atom stereocenters. The zero-order chi connectivity index (χ0) is 20.9. The van der Waals surface area contributed by atoms with Gasteiger partial charge in [-0.25, -0.2) is 4.39 Å². The summed E-state index contributed by atoms with van der Waals surface area (Å²) in [6.07, 6.45) is 0. The van der Waals surface area contributed by atoms with Crippen molar-refractivity contribution in [3.63, 3.8) is 0 Å². The monoisotopic (exact) mass is 404 g/mol. The summed E-state index contributed by atoms with van der Waals surface area (Å²) in [5.41, 5.74) is 1.08. The largest absolute Gasteiger partial charge is 0.484 e. The first-order valence-electron chi connectivity index (χ1n) is 9.16. The standard InChI is InChI=1S/C23H17FN2O4/c24-15-10-12-16(13-11-15)25-23(28)22-21(18-8-4-5-9-19(18)30-22)26-20(27)14-29-17-6-2-1-3-7-17/h1-13H,14H2,(H,25,28)(H,26,27). The molecule has 2 amide bonds. The Hall–Kier alpha value is -4.13. The van der Waals surface area contributed by atoms with Crippen LogP contribution in [0.1, 0.15) is 10.6 Å². The molecule has 150 valence electrons. The van der Waals surface area contributed by atoms with Gasteiger partial charge in [0.15, 0.2) is 6.61 Å². The number of anilines is 2. The molecule has 1 heterocycles. The van der Waals surface area contributed by atoms with E-state index in [1.54, 1.807) is 48.5 Å². The number of ether oxygens (including phenoxy) is 1. The fraction of sp³-hybridized carbons (Fsp3) is 0.0435. The van der Waals surface area contributed by atoms with Gasteiger partial charge in [-0.3, -0.25) is 9.59 Å². The van der Waals surface area contributed by atoms with Crippen LogP contribution in [0.4, 0.5) is 15.8 Å². The summed E-state index contributed by atoms with van der Waals surface area (Å²) in [5.74, 6) is -0.936. The lowest BCUT2D eigenvalue weighted by Crippen LogP contribution is -2.22. The van der Waals surface area contributed by atoms with Crippen LogP contribution < -0.4 is 15.4 Å². The maximum Gasteiger partial charge on any atom is 0.293 e. The number of amides is 2. The lowest BCUT2D eigenvalue weighted by Gasteiger charge is -2.08. The Morgan fingerprint density at radius 1 is 0.867 bits per heavy atom. The molecule has 4 aromatic rings. The maximum atomic E-state index is 13.1. The van der Waals surface area contributed by atoms with E-state index in [2.05, 4.69) is 10.6 Å². The fourth-order valence-electron chi connectivity index (χ4n) is 2.89. The Balaban J connectivity index is 1.56. The number of hydrogen-bond acceptors (Lipinski definition) is 4. The topological polar surface area (TPSA) is 80.6 Å². The summed E-state index contributed by atoms with van der Waals surface area (Å²) in [5, 5.41) is 5.92. The van der Waals surface area contributed by atoms with Gasteiger partial charge in [-0.2, -0.15) is 0 Å². The molecule has 3 aromatic carbocycles. The first-order valence-corrected chi connectivity index (χ1v) is 9.16. The third-order valence-corrected chi connectivity index (χ3v) is 4.28. The first-order chi connectivity index (χ1) is 14.6. The van der Waals surface area contributed by atoms with Crippen molar-refractivity contribution < 1.29 is 23.1 Å². The minimum atomic E-state index is -0.572. The average molecular weight is 404 g/mol. The molecule has 0 fully saturated rings. The number of carbonyl (C=O) groups excluding carboxylic acids is 2. The Kier molecular flexibility index (Phi) is 5.43. The van der Waals surface area contributed by atoms with Gasteiger partial charge in [0.1, 0.15) is 22.8 Å². The summed E-state index contributed by atoms with van der Waals surface area (Å²) < 4.78 is 24.2. The second-order valence-electron chi connectivity index (χ2n) is 6.41. The SMILES string of the molecule is O=C(COc1ccccc1)Nc1c(C(=O)Nc2ccc(F)cc2)oc2ccccc12. The molecule has 2 N–H and O–H groups in total. The van der Waals surface area contributed by atoms with Crippen LogP contribution in [0.3, 0.4) is 0 Å². The second-order valence-corrected chi connectivity index (χ2v) is 6.41. The van der Waals surface area contributed by atoms with Gasteiger partial charge < -0.3 is 19.8 Å². The fourth-order valence-corrected chi connectivity index (χ4v) is 2.89. The summed E-state index contributed by atoms with van der Waals surface area (Å²) >= 11 is 0. The van der Waals surface area contributed by atoms with E-state index >= 15 is 0 Å². The minimum Gasteiger partial charge on any atom is -0.484 e. The molecule has 4 rings (SSSR count). The second kappa shape index (κ2) is 8.48. The molecule has 0 saturated heterocycles. The van der Waals surface area contributed by atoms with E-state index in [9.17, 15) is 14.0 Å². The van der Waals surface area contributed by atoms with E-state index in [4.69, 9.17) is 9.15 Å². The van der Waals surface area contributed by atoms with Crippen LogP contribution in [-0.2, 0) is 4.79 Å². The van der Waals surface area contributed by atoms with Gasteiger partial charge in [0.2, 0.25) is 5.76 Å². The van der Waals surface area contributed by atoms with E-state index in [1.165, 1.54) is 24.3 Å². The molecule has 0 aliphatic rings. The van der Waals surface area contributed by atoms with Crippen LogP contribution in [0.15, 0.2) is 83.3 Å². The Morgan fingerprint density at radius 2 is 1.57 bits per heavy atom. The number of para-hydroxylation sites is 2. The highest BCUT2D eigenvalue weighted by Gasteiger charge is 2.22. The van der Waals surface area contributed by atoms with Gasteiger partial charge in [0.05, 0.1) is 0 Å². The van der Waals surface area contributed by atoms with Crippen molar-refractivity contribution in [3.05, 3.63) is 90.4 Å². The van der Waals surface area contributed by atoms with Crippen molar-refractivity contribution in [2.24, 2.45) is 0 Å². The summed E-state index contributed by atoms with van der Waals surface area (Å²) in [6.45, 7) is -0.234. The zero-order valence-corrected chi connectivity index (χ0v) is 15.7. The highest BCUT2D eigenvalue weighted by atomic mass is 19.1. The lowest BCUT2D eigenvalue weighted by atomic mass is 10.2. The van der Waals surface area contributed by atoms with Crippen molar-refractivity contribution in [1.82, 2.24) is 0 Å². The molecule has 1 aromatic heterocycles. The zero-order valence-electron chi connectivity index (χ0n) is 15.7. The summed E-state index contributed by atoms with van der Waals surface area (Å²) in [6, 6.07) is 21.2. The van der Waals surface area contributed by atoms with Crippen molar-refractivity contribution in [1.29, 1.82) is 0 Å². The minimum absolute atomic E-state index is 0.0615. The van der Waals surface area contributed by atoms with Crippen molar-refractivity contribution in [3.8, 4) is 5.75 Å². The Labute approximate surface area is 171 Å². The van der Waals surface area contributed by atoms with Gasteiger partial charge >= 0.3 is 0 Å². The molecular weight excluding hydrogens is 387 g/mol. The number of furan rings is 1. The summed E-state index contributed by atoms with van der Waals surface area (Å²) in [7, 11) is 0. The van der Waals surface area contributed by atoms with Crippen LogP contribution in [0.25, 0.3) is 11.0 Å². The number of carbonyl (C=O) groups is 2. The van der Waals surface area contributed by atoms with E-state index in [1.807, 2.05) is 6.07 Å². The van der Waals surface area contributed by atoms with Crippen LogP contribution >= 0.6 is 0 Å². The third-order valence-electron chi connectivity index (χ3n) is 4.28. The predicted octanol–water partition coefficient (Wildman–Crippen LogP) is 4.84. The van der Waals surface area contributed by atoms with Crippen LogP contribution in [0.2, 0.25) is 0 Å². The predicted molar refractivity (Wildman–Crippen MR) is 111 cm³/mol. The van der Waals surface area contributed by atoms with Gasteiger partial charge in [0, 0.05) is 11.1 Å². The number of fused-ring (bicyclic) bond motifs is 1. The molecule has 0 aliphatic heterocycles. The molecule has 0 atom stereocenters. The van der Waals surface area contributed by atoms with E-state index in [0.717, 1.165) is 0 Å². The third kappa shape index (κ3) is 4.30. The molecular formula is C23H17FN2O4. The number of hydrogen-bond donors (Lipinski definition) is 2. The quantitative estimate of drug-likeness (QED) is 0.482. The number of halogens is 1. The highest BCUT2D eigenvalue weighted by Crippen LogP contribution is 2.31. The molecule has 0 bridgehead atoms. The number of benzene rings is 3. The molecule has 0 radical (unpaired) electrons. The van der Waals surface area contributed by atoms with Crippen molar-refractivity contribution >= 4 is 34.2 Å². The molecule has 7 heteroatoms. The molecule has 30 heavy (non-hydrogen) atoms. The molecule has 0 aliphatic carbocycles. The van der Waals surface area contributed by atoms with E-state index in [-0.39, 0.29) is 18.1 Å². The maximum absolute atomic E-state index is 13.1. The molecule has 6 nitrogen and oxygen atoms in total.